The maximum Gasteiger partial charge on any atom is 0.289 e. The van der Waals surface area contributed by atoms with Gasteiger partial charge in [-0.15, -0.1) is 0 Å². The second-order valence-corrected chi connectivity index (χ2v) is 6.12. The largest absolute Gasteiger partial charge is 0.459 e. The minimum atomic E-state index is -0.293. The maximum atomic E-state index is 13.0. The third kappa shape index (κ3) is 3.17. The molecule has 1 aliphatic rings. The van der Waals surface area contributed by atoms with Crippen molar-refractivity contribution in [1.29, 1.82) is 0 Å². The molecule has 0 spiro atoms. The van der Waals surface area contributed by atoms with Crippen LogP contribution in [0.15, 0.2) is 47.1 Å². The van der Waals surface area contributed by atoms with Crippen LogP contribution in [-0.2, 0) is 0 Å². The van der Waals surface area contributed by atoms with Gasteiger partial charge in [0.25, 0.3) is 5.91 Å². The number of amides is 1. The van der Waals surface area contributed by atoms with Crippen LogP contribution in [0.4, 0.5) is 4.39 Å². The van der Waals surface area contributed by atoms with E-state index >= 15 is 0 Å². The second kappa shape index (κ2) is 6.51. The molecule has 0 radical (unpaired) electrons. The van der Waals surface area contributed by atoms with Gasteiger partial charge in [0, 0.05) is 24.6 Å². The highest BCUT2D eigenvalue weighted by molar-refractivity contribution is 5.91. The summed E-state index contributed by atoms with van der Waals surface area (Å²) >= 11 is 0. The van der Waals surface area contributed by atoms with Crippen molar-refractivity contribution < 1.29 is 13.6 Å². The predicted octanol–water partition coefficient (Wildman–Crippen LogP) is 3.22. The van der Waals surface area contributed by atoms with Crippen molar-refractivity contribution in [2.75, 3.05) is 13.1 Å². The van der Waals surface area contributed by atoms with Crippen LogP contribution in [0, 0.1) is 5.82 Å². The quantitative estimate of drug-likeness (QED) is 0.794. The molecule has 1 atom stereocenters. The van der Waals surface area contributed by atoms with Gasteiger partial charge < -0.3 is 9.32 Å². The Morgan fingerprint density at radius 2 is 2.12 bits per heavy atom. The number of aromatic nitrogens is 3. The average Bonchev–Trinajstić information content (AvgIpc) is 3.34. The van der Waals surface area contributed by atoms with Gasteiger partial charge in [-0.3, -0.25) is 9.89 Å². The summed E-state index contributed by atoms with van der Waals surface area (Å²) in [6.07, 6.45) is 3.32. The average molecular weight is 340 g/mol. The Morgan fingerprint density at radius 3 is 2.88 bits per heavy atom. The molecule has 1 fully saturated rings. The summed E-state index contributed by atoms with van der Waals surface area (Å²) in [5.74, 6) is 1.33. The Bertz CT molecular complexity index is 858. The Labute approximate surface area is 143 Å². The highest BCUT2D eigenvalue weighted by Crippen LogP contribution is 2.27. The molecule has 0 aliphatic carbocycles. The minimum Gasteiger partial charge on any atom is -0.459 e. The summed E-state index contributed by atoms with van der Waals surface area (Å²) in [5, 5.41) is 7.20. The van der Waals surface area contributed by atoms with Gasteiger partial charge in [-0.05, 0) is 49.2 Å². The normalized spacial score (nSPS) is 17.6. The van der Waals surface area contributed by atoms with Crippen molar-refractivity contribution >= 4 is 5.91 Å². The lowest BCUT2D eigenvalue weighted by atomic mass is 9.97. The SMILES string of the molecule is O=C(c1ccco1)N1CCC[C@@H](c2nc(-c3ccc(F)cc3)n[nH]2)C1. The van der Waals surface area contributed by atoms with E-state index in [-0.39, 0.29) is 17.6 Å². The van der Waals surface area contributed by atoms with Crippen molar-refractivity contribution in [2.24, 2.45) is 0 Å². The van der Waals surface area contributed by atoms with E-state index in [2.05, 4.69) is 15.2 Å². The van der Waals surface area contributed by atoms with Crippen LogP contribution in [0.2, 0.25) is 0 Å². The number of likely N-dealkylation sites (tertiary alicyclic amines) is 1. The van der Waals surface area contributed by atoms with E-state index < -0.39 is 0 Å². The highest BCUT2D eigenvalue weighted by Gasteiger charge is 2.28. The predicted molar refractivity (Wildman–Crippen MR) is 88.4 cm³/mol. The van der Waals surface area contributed by atoms with Crippen molar-refractivity contribution in [3.8, 4) is 11.4 Å². The number of carbonyl (C=O) groups is 1. The molecule has 1 aliphatic heterocycles. The van der Waals surface area contributed by atoms with E-state index in [0.717, 1.165) is 24.2 Å². The molecule has 0 saturated carbocycles. The number of nitrogens with zero attached hydrogens (tertiary/aromatic N) is 3. The van der Waals surface area contributed by atoms with Gasteiger partial charge >= 0.3 is 0 Å². The molecule has 7 heteroatoms. The first-order valence-corrected chi connectivity index (χ1v) is 8.22. The number of hydrogen-bond acceptors (Lipinski definition) is 4. The van der Waals surface area contributed by atoms with Crippen molar-refractivity contribution in [3.63, 3.8) is 0 Å². The lowest BCUT2D eigenvalue weighted by Crippen LogP contribution is -2.39. The Hall–Kier alpha value is -2.96. The second-order valence-electron chi connectivity index (χ2n) is 6.12. The number of carbonyl (C=O) groups excluding carboxylic acids is 1. The van der Waals surface area contributed by atoms with Crippen LogP contribution < -0.4 is 0 Å². The zero-order chi connectivity index (χ0) is 17.2. The van der Waals surface area contributed by atoms with Gasteiger partial charge in [-0.25, -0.2) is 9.37 Å². The number of H-pyrrole nitrogens is 1. The van der Waals surface area contributed by atoms with E-state index in [1.165, 1.54) is 18.4 Å². The van der Waals surface area contributed by atoms with Crippen LogP contribution in [0.1, 0.15) is 35.1 Å². The fraction of sp³-hybridized carbons (Fsp3) is 0.278. The Morgan fingerprint density at radius 1 is 1.28 bits per heavy atom. The molecule has 1 N–H and O–H groups in total. The summed E-state index contributed by atoms with van der Waals surface area (Å²) in [4.78, 5) is 18.8. The van der Waals surface area contributed by atoms with E-state index in [1.807, 2.05) is 0 Å². The molecular formula is C18H17FN4O2. The number of furan rings is 1. The monoisotopic (exact) mass is 340 g/mol. The van der Waals surface area contributed by atoms with Gasteiger partial charge in [0.15, 0.2) is 11.6 Å². The number of halogens is 1. The molecule has 1 saturated heterocycles. The van der Waals surface area contributed by atoms with Gasteiger partial charge in [-0.2, -0.15) is 5.10 Å². The first kappa shape index (κ1) is 15.6. The number of nitrogens with one attached hydrogen (secondary N) is 1. The van der Waals surface area contributed by atoms with Crippen molar-refractivity contribution in [2.45, 2.75) is 18.8 Å². The molecule has 2 aromatic heterocycles. The van der Waals surface area contributed by atoms with Gasteiger partial charge in [0.05, 0.1) is 6.26 Å². The number of aromatic amines is 1. The Balaban J connectivity index is 1.50. The molecule has 6 nitrogen and oxygen atoms in total. The lowest BCUT2D eigenvalue weighted by molar-refractivity contribution is 0.0672. The molecule has 1 aromatic carbocycles. The molecule has 128 valence electrons. The number of benzene rings is 1. The Kier molecular flexibility index (Phi) is 4.05. The van der Waals surface area contributed by atoms with Crippen LogP contribution in [-0.4, -0.2) is 39.1 Å². The van der Waals surface area contributed by atoms with Crippen molar-refractivity contribution in [1.82, 2.24) is 20.1 Å². The first-order valence-electron chi connectivity index (χ1n) is 8.22. The number of rotatable bonds is 3. The third-order valence-electron chi connectivity index (χ3n) is 4.43. The third-order valence-corrected chi connectivity index (χ3v) is 4.43. The van der Waals surface area contributed by atoms with Crippen LogP contribution in [0.25, 0.3) is 11.4 Å². The van der Waals surface area contributed by atoms with E-state index in [1.54, 1.807) is 29.2 Å². The van der Waals surface area contributed by atoms with Crippen LogP contribution in [0.5, 0.6) is 0 Å². The molecular weight excluding hydrogens is 323 g/mol. The van der Waals surface area contributed by atoms with Gasteiger partial charge in [0.2, 0.25) is 0 Å². The van der Waals surface area contributed by atoms with Crippen molar-refractivity contribution in [3.05, 3.63) is 60.1 Å². The smallest absolute Gasteiger partial charge is 0.289 e. The number of piperidine rings is 1. The fourth-order valence-corrected chi connectivity index (χ4v) is 3.13. The standard InChI is InChI=1S/C18H17FN4O2/c19-14-7-5-12(6-8-14)16-20-17(22-21-16)13-3-1-9-23(11-13)18(24)15-4-2-10-25-15/h2,4-8,10,13H,1,3,9,11H2,(H,20,21,22)/t13-/m1/s1. The molecule has 0 bridgehead atoms. The summed E-state index contributed by atoms with van der Waals surface area (Å²) in [6, 6.07) is 9.45. The summed E-state index contributed by atoms with van der Waals surface area (Å²) in [7, 11) is 0. The van der Waals surface area contributed by atoms with E-state index in [9.17, 15) is 9.18 Å². The topological polar surface area (TPSA) is 75.0 Å². The summed E-state index contributed by atoms with van der Waals surface area (Å²) in [5.41, 5.74) is 0.753. The molecule has 25 heavy (non-hydrogen) atoms. The molecule has 4 rings (SSSR count). The van der Waals surface area contributed by atoms with Gasteiger partial charge in [-0.1, -0.05) is 0 Å². The summed E-state index contributed by atoms with van der Waals surface area (Å²) in [6.45, 7) is 1.27. The lowest BCUT2D eigenvalue weighted by Gasteiger charge is -2.31. The minimum absolute atomic E-state index is 0.0920. The molecule has 1 amide bonds. The fourth-order valence-electron chi connectivity index (χ4n) is 3.13. The van der Waals surface area contributed by atoms with E-state index in [4.69, 9.17) is 4.42 Å². The summed E-state index contributed by atoms with van der Waals surface area (Å²) < 4.78 is 18.2. The number of hydrogen-bond donors (Lipinski definition) is 1. The van der Waals surface area contributed by atoms with Crippen LogP contribution >= 0.6 is 0 Å². The molecule has 3 aromatic rings. The molecule has 3 heterocycles. The van der Waals surface area contributed by atoms with Gasteiger partial charge in [0.1, 0.15) is 11.6 Å². The zero-order valence-corrected chi connectivity index (χ0v) is 13.5. The zero-order valence-electron chi connectivity index (χ0n) is 13.5. The molecule has 0 unspecified atom stereocenters. The van der Waals surface area contributed by atoms with E-state index in [0.29, 0.717) is 24.7 Å². The first-order chi connectivity index (χ1) is 12.2. The highest BCUT2D eigenvalue weighted by atomic mass is 19.1. The van der Waals surface area contributed by atoms with Crippen LogP contribution in [0.3, 0.4) is 0 Å². The maximum absolute atomic E-state index is 13.0.